The molecule has 8 nitrogen and oxygen atoms in total. The zero-order chi connectivity index (χ0) is 20.7. The Balaban J connectivity index is 2.06. The van der Waals surface area contributed by atoms with Crippen LogP contribution in [0.15, 0.2) is 54.6 Å². The number of nitrogens with zero attached hydrogens (tertiary/aromatic N) is 2. The van der Waals surface area contributed by atoms with Crippen molar-refractivity contribution in [3.63, 3.8) is 0 Å². The molecule has 1 unspecified atom stereocenters. The molecule has 150 valence electrons. The molecule has 0 aliphatic carbocycles. The number of sulfonamides is 1. The Morgan fingerprint density at radius 1 is 1.18 bits per heavy atom. The third kappa shape index (κ3) is 5.78. The predicted octanol–water partition coefficient (Wildman–Crippen LogP) is 2.50. The van der Waals surface area contributed by atoms with E-state index in [1.54, 1.807) is 0 Å². The Morgan fingerprint density at radius 3 is 2.46 bits per heavy atom. The lowest BCUT2D eigenvalue weighted by molar-refractivity contribution is -0.384. The van der Waals surface area contributed by atoms with Crippen LogP contribution in [0.4, 0.5) is 11.4 Å². The van der Waals surface area contributed by atoms with Gasteiger partial charge in [0.1, 0.15) is 6.04 Å². The van der Waals surface area contributed by atoms with Crippen LogP contribution in [-0.4, -0.2) is 38.1 Å². The Morgan fingerprint density at radius 2 is 1.86 bits per heavy atom. The summed E-state index contributed by atoms with van der Waals surface area (Å²) in [5.41, 5.74) is 0.976. The molecule has 2 aromatic carbocycles. The van der Waals surface area contributed by atoms with Crippen LogP contribution in [0, 0.1) is 10.1 Å². The first-order valence-electron chi connectivity index (χ1n) is 8.75. The monoisotopic (exact) mass is 405 g/mol. The van der Waals surface area contributed by atoms with E-state index in [4.69, 9.17) is 0 Å². The van der Waals surface area contributed by atoms with Gasteiger partial charge in [-0.3, -0.25) is 19.2 Å². The lowest BCUT2D eigenvalue weighted by atomic mass is 10.1. The van der Waals surface area contributed by atoms with E-state index in [-0.39, 0.29) is 11.4 Å². The minimum Gasteiger partial charge on any atom is -0.354 e. The van der Waals surface area contributed by atoms with Gasteiger partial charge in [-0.2, -0.15) is 0 Å². The summed E-state index contributed by atoms with van der Waals surface area (Å²) in [5.74, 6) is -0.468. The van der Waals surface area contributed by atoms with Crippen LogP contribution < -0.4 is 9.62 Å². The summed E-state index contributed by atoms with van der Waals surface area (Å²) in [4.78, 5) is 22.8. The molecule has 0 radical (unpaired) electrons. The Labute approximate surface area is 164 Å². The second-order valence-electron chi connectivity index (χ2n) is 6.39. The summed E-state index contributed by atoms with van der Waals surface area (Å²) < 4.78 is 25.4. The number of benzene rings is 2. The largest absolute Gasteiger partial charge is 0.354 e. The highest BCUT2D eigenvalue weighted by atomic mass is 32.2. The molecular formula is C19H23N3O5S. The summed E-state index contributed by atoms with van der Waals surface area (Å²) in [5, 5.41) is 13.7. The van der Waals surface area contributed by atoms with E-state index >= 15 is 0 Å². The fourth-order valence-corrected chi connectivity index (χ4v) is 4.02. The molecule has 0 bridgehead atoms. The van der Waals surface area contributed by atoms with Gasteiger partial charge in [0.05, 0.1) is 16.9 Å². The van der Waals surface area contributed by atoms with Crippen LogP contribution in [-0.2, 0) is 21.2 Å². The van der Waals surface area contributed by atoms with Crippen LogP contribution in [0.1, 0.15) is 18.9 Å². The fourth-order valence-electron chi connectivity index (χ4n) is 2.85. The molecule has 0 saturated heterocycles. The number of nitrogens with one attached hydrogen (secondary N) is 1. The molecule has 0 aliphatic rings. The van der Waals surface area contributed by atoms with E-state index in [0.29, 0.717) is 13.0 Å². The third-order valence-electron chi connectivity index (χ3n) is 4.17. The summed E-state index contributed by atoms with van der Waals surface area (Å²) >= 11 is 0. The molecule has 0 spiro atoms. The van der Waals surface area contributed by atoms with E-state index in [2.05, 4.69) is 5.32 Å². The number of anilines is 1. The van der Waals surface area contributed by atoms with Gasteiger partial charge in [-0.05, 0) is 31.4 Å². The topological polar surface area (TPSA) is 110 Å². The maximum Gasteiger partial charge on any atom is 0.271 e. The molecule has 0 fully saturated rings. The zero-order valence-electron chi connectivity index (χ0n) is 15.7. The van der Waals surface area contributed by atoms with Crippen LogP contribution >= 0.6 is 0 Å². The number of hydrogen-bond donors (Lipinski definition) is 1. The molecule has 1 amide bonds. The van der Waals surface area contributed by atoms with E-state index in [0.717, 1.165) is 28.6 Å². The van der Waals surface area contributed by atoms with Gasteiger partial charge in [-0.25, -0.2) is 8.42 Å². The van der Waals surface area contributed by atoms with Gasteiger partial charge in [-0.1, -0.05) is 36.4 Å². The van der Waals surface area contributed by atoms with Crippen molar-refractivity contribution in [3.8, 4) is 0 Å². The summed E-state index contributed by atoms with van der Waals surface area (Å²) in [6.45, 7) is 1.84. The highest BCUT2D eigenvalue weighted by Gasteiger charge is 2.29. The lowest BCUT2D eigenvalue weighted by Crippen LogP contribution is -2.48. The smallest absolute Gasteiger partial charge is 0.271 e. The highest BCUT2D eigenvalue weighted by Crippen LogP contribution is 2.25. The molecule has 2 aromatic rings. The Hall–Kier alpha value is -2.94. The molecule has 1 N–H and O–H groups in total. The van der Waals surface area contributed by atoms with Crippen molar-refractivity contribution in [2.45, 2.75) is 25.8 Å². The predicted molar refractivity (Wildman–Crippen MR) is 108 cm³/mol. The number of carbonyl (C=O) groups excluding carboxylic acids is 1. The summed E-state index contributed by atoms with van der Waals surface area (Å²) in [6, 6.07) is 14.0. The molecule has 9 heteroatoms. The minimum atomic E-state index is -3.83. The summed E-state index contributed by atoms with van der Waals surface area (Å²) in [6.07, 6.45) is 2.46. The maximum atomic E-state index is 12.5. The van der Waals surface area contributed by atoms with Gasteiger partial charge in [0.2, 0.25) is 15.9 Å². The SMILES string of the molecule is CC(C(=O)NCCCc1ccccc1)N(c1cccc([N+](=O)[O-])c1)S(C)(=O)=O. The number of carbonyl (C=O) groups is 1. The van der Waals surface area contributed by atoms with Crippen molar-refractivity contribution in [2.75, 3.05) is 17.1 Å². The average Bonchev–Trinajstić information content (AvgIpc) is 2.65. The standard InChI is InChI=1S/C19H23N3O5S/c1-15(19(23)20-13-7-10-16-8-4-3-5-9-16)21(28(2,26)27)17-11-6-12-18(14-17)22(24)25/h3-6,8-9,11-12,14-15H,7,10,13H2,1-2H3,(H,20,23). The van der Waals surface area contributed by atoms with Gasteiger partial charge in [-0.15, -0.1) is 0 Å². The summed E-state index contributed by atoms with van der Waals surface area (Å²) in [7, 11) is -3.83. The van der Waals surface area contributed by atoms with Crippen LogP contribution in [0.5, 0.6) is 0 Å². The second kappa shape index (κ2) is 9.32. The number of non-ortho nitro benzene ring substituents is 1. The van der Waals surface area contributed by atoms with Crippen molar-refractivity contribution in [3.05, 3.63) is 70.3 Å². The molecule has 0 heterocycles. The lowest BCUT2D eigenvalue weighted by Gasteiger charge is -2.28. The number of hydrogen-bond acceptors (Lipinski definition) is 5. The normalized spacial score (nSPS) is 12.2. The molecule has 0 saturated carbocycles. The third-order valence-corrected chi connectivity index (χ3v) is 5.41. The van der Waals surface area contributed by atoms with Crippen molar-refractivity contribution in [2.24, 2.45) is 0 Å². The molecule has 2 rings (SSSR count). The van der Waals surface area contributed by atoms with Crippen molar-refractivity contribution in [1.29, 1.82) is 0 Å². The van der Waals surface area contributed by atoms with Gasteiger partial charge >= 0.3 is 0 Å². The first-order chi connectivity index (χ1) is 13.2. The number of nitro groups is 1. The first kappa shape index (κ1) is 21.4. The van der Waals surface area contributed by atoms with Crippen molar-refractivity contribution < 1.29 is 18.1 Å². The van der Waals surface area contributed by atoms with Crippen molar-refractivity contribution in [1.82, 2.24) is 5.32 Å². The average molecular weight is 405 g/mol. The van der Waals surface area contributed by atoms with E-state index < -0.39 is 26.9 Å². The molecule has 28 heavy (non-hydrogen) atoms. The number of amides is 1. The minimum absolute atomic E-state index is 0.0728. The molecule has 1 atom stereocenters. The second-order valence-corrected chi connectivity index (χ2v) is 8.25. The first-order valence-corrected chi connectivity index (χ1v) is 10.6. The van der Waals surface area contributed by atoms with Gasteiger partial charge < -0.3 is 5.32 Å². The van der Waals surface area contributed by atoms with Crippen LogP contribution in [0.25, 0.3) is 0 Å². The Kier molecular flexibility index (Phi) is 7.11. The highest BCUT2D eigenvalue weighted by molar-refractivity contribution is 7.92. The molecule has 0 aliphatic heterocycles. The fraction of sp³-hybridized carbons (Fsp3) is 0.316. The Bertz CT molecular complexity index is 932. The van der Waals surface area contributed by atoms with Crippen LogP contribution in [0.3, 0.4) is 0 Å². The number of rotatable bonds is 9. The molecular weight excluding hydrogens is 382 g/mol. The maximum absolute atomic E-state index is 12.5. The van der Waals surface area contributed by atoms with E-state index in [1.165, 1.54) is 25.1 Å². The quantitative estimate of drug-likeness (QED) is 0.392. The number of nitro benzene ring substituents is 1. The number of aryl methyl sites for hydroxylation is 1. The van der Waals surface area contributed by atoms with Gasteiger partial charge in [0.15, 0.2) is 0 Å². The van der Waals surface area contributed by atoms with Crippen molar-refractivity contribution >= 4 is 27.3 Å². The van der Waals surface area contributed by atoms with E-state index in [9.17, 15) is 23.3 Å². The molecule has 0 aromatic heterocycles. The zero-order valence-corrected chi connectivity index (χ0v) is 16.6. The van der Waals surface area contributed by atoms with Gasteiger partial charge in [0.25, 0.3) is 5.69 Å². The van der Waals surface area contributed by atoms with Crippen LogP contribution in [0.2, 0.25) is 0 Å². The van der Waals surface area contributed by atoms with Gasteiger partial charge in [0, 0.05) is 18.7 Å². The van der Waals surface area contributed by atoms with E-state index in [1.807, 2.05) is 30.3 Å².